The fourth-order valence-electron chi connectivity index (χ4n) is 1.47. The van der Waals surface area contributed by atoms with E-state index in [9.17, 15) is 18.0 Å². The van der Waals surface area contributed by atoms with Crippen LogP contribution < -0.4 is 10.6 Å². The van der Waals surface area contributed by atoms with Gasteiger partial charge in [-0.2, -0.15) is 13.2 Å². The van der Waals surface area contributed by atoms with E-state index in [0.29, 0.717) is 25.4 Å². The quantitative estimate of drug-likeness (QED) is 0.757. The van der Waals surface area contributed by atoms with Crippen molar-refractivity contribution in [3.05, 3.63) is 29.8 Å². The molecule has 0 saturated carbocycles. The van der Waals surface area contributed by atoms with Crippen molar-refractivity contribution in [1.82, 2.24) is 5.32 Å². The Morgan fingerprint density at radius 1 is 1.20 bits per heavy atom. The number of ether oxygens (including phenoxy) is 1. The molecule has 0 fully saturated rings. The van der Waals surface area contributed by atoms with Gasteiger partial charge in [-0.3, -0.25) is 4.79 Å². The summed E-state index contributed by atoms with van der Waals surface area (Å²) in [4.78, 5) is 11.5. The molecule has 0 bridgehead atoms. The van der Waals surface area contributed by atoms with Gasteiger partial charge in [-0.05, 0) is 24.3 Å². The predicted molar refractivity (Wildman–Crippen MR) is 69.4 cm³/mol. The number of benzene rings is 1. The Labute approximate surface area is 115 Å². The van der Waals surface area contributed by atoms with Gasteiger partial charge >= 0.3 is 6.18 Å². The van der Waals surface area contributed by atoms with Gasteiger partial charge in [-0.15, -0.1) is 0 Å². The molecule has 0 radical (unpaired) electrons. The van der Waals surface area contributed by atoms with Crippen LogP contribution in [0.1, 0.15) is 12.0 Å². The molecule has 0 atom stereocenters. The van der Waals surface area contributed by atoms with Crippen LogP contribution in [0.25, 0.3) is 0 Å². The average molecular weight is 290 g/mol. The highest BCUT2D eigenvalue weighted by atomic mass is 19.4. The maximum absolute atomic E-state index is 12.3. The van der Waals surface area contributed by atoms with E-state index in [-0.39, 0.29) is 12.3 Å². The third-order valence-electron chi connectivity index (χ3n) is 2.51. The Balaban J connectivity index is 2.35. The van der Waals surface area contributed by atoms with Crippen LogP contribution in [0.4, 0.5) is 18.9 Å². The zero-order valence-electron chi connectivity index (χ0n) is 11.1. The van der Waals surface area contributed by atoms with Gasteiger partial charge in [0.05, 0.1) is 12.2 Å². The van der Waals surface area contributed by atoms with Gasteiger partial charge in [0.1, 0.15) is 0 Å². The maximum atomic E-state index is 12.3. The van der Waals surface area contributed by atoms with Gasteiger partial charge in [-0.1, -0.05) is 0 Å². The zero-order valence-corrected chi connectivity index (χ0v) is 11.1. The lowest BCUT2D eigenvalue weighted by atomic mass is 10.2. The van der Waals surface area contributed by atoms with Crippen LogP contribution >= 0.6 is 0 Å². The lowest BCUT2D eigenvalue weighted by molar-refractivity contribution is -0.137. The highest BCUT2D eigenvalue weighted by molar-refractivity contribution is 5.90. The molecule has 0 aliphatic rings. The Hall–Kier alpha value is -1.60. The number of methoxy groups -OCH3 is 1. The maximum Gasteiger partial charge on any atom is 0.416 e. The molecule has 0 aromatic heterocycles. The number of carbonyl (C=O) groups is 1. The Kier molecular flexibility index (Phi) is 6.47. The summed E-state index contributed by atoms with van der Waals surface area (Å²) >= 11 is 0. The Morgan fingerprint density at radius 2 is 1.85 bits per heavy atom. The van der Waals surface area contributed by atoms with E-state index in [1.807, 2.05) is 0 Å². The first kappa shape index (κ1) is 16.5. The molecular formula is C13H17F3N2O2. The van der Waals surface area contributed by atoms with Crippen LogP contribution in [0.3, 0.4) is 0 Å². The summed E-state index contributed by atoms with van der Waals surface area (Å²) in [5.74, 6) is -0.255. The summed E-state index contributed by atoms with van der Waals surface area (Å²) in [6.07, 6.45) is -4.13. The van der Waals surface area contributed by atoms with Gasteiger partial charge in [0.25, 0.3) is 0 Å². The number of rotatable bonds is 7. The number of carbonyl (C=O) groups excluding carboxylic acids is 1. The Bertz CT molecular complexity index is 419. The molecule has 1 aromatic rings. The van der Waals surface area contributed by atoms with Crippen molar-refractivity contribution in [2.24, 2.45) is 0 Å². The smallest absolute Gasteiger partial charge is 0.383 e. The van der Waals surface area contributed by atoms with Crippen LogP contribution in [-0.2, 0) is 15.7 Å². The molecule has 0 aliphatic heterocycles. The summed E-state index contributed by atoms with van der Waals surface area (Å²) in [5, 5.41) is 5.53. The third-order valence-corrected chi connectivity index (χ3v) is 2.51. The zero-order chi connectivity index (χ0) is 15.0. The molecule has 112 valence electrons. The molecule has 2 N–H and O–H groups in total. The topological polar surface area (TPSA) is 50.4 Å². The van der Waals surface area contributed by atoms with E-state index in [0.717, 1.165) is 12.1 Å². The summed E-state index contributed by atoms with van der Waals surface area (Å²) in [6.45, 7) is 1.68. The van der Waals surface area contributed by atoms with Crippen molar-refractivity contribution in [2.75, 3.05) is 32.1 Å². The van der Waals surface area contributed by atoms with E-state index in [2.05, 4.69) is 10.6 Å². The second kappa shape index (κ2) is 7.86. The molecule has 1 aromatic carbocycles. The van der Waals surface area contributed by atoms with E-state index in [1.54, 1.807) is 7.11 Å². The number of nitrogens with one attached hydrogen (secondary N) is 2. The molecule has 1 amide bonds. The van der Waals surface area contributed by atoms with Gasteiger partial charge < -0.3 is 15.4 Å². The molecule has 4 nitrogen and oxygen atoms in total. The SMILES string of the molecule is COCCNCCC(=O)Nc1ccc(C(F)(F)F)cc1. The fourth-order valence-corrected chi connectivity index (χ4v) is 1.47. The molecule has 1 rings (SSSR count). The standard InChI is InChI=1S/C13H17F3N2O2/c1-20-9-8-17-7-6-12(19)18-11-4-2-10(3-5-11)13(14,15)16/h2-5,17H,6-9H2,1H3,(H,18,19). The molecule has 0 heterocycles. The largest absolute Gasteiger partial charge is 0.416 e. The van der Waals surface area contributed by atoms with Crippen LogP contribution in [0.2, 0.25) is 0 Å². The minimum absolute atomic E-state index is 0.241. The molecule has 0 aliphatic carbocycles. The van der Waals surface area contributed by atoms with Gasteiger partial charge in [0.2, 0.25) is 5.91 Å². The van der Waals surface area contributed by atoms with Crippen molar-refractivity contribution in [3.8, 4) is 0 Å². The minimum atomic E-state index is -4.37. The fraction of sp³-hybridized carbons (Fsp3) is 0.462. The molecular weight excluding hydrogens is 273 g/mol. The van der Waals surface area contributed by atoms with Gasteiger partial charge in [0, 0.05) is 32.3 Å². The second-order valence-corrected chi connectivity index (χ2v) is 4.12. The van der Waals surface area contributed by atoms with E-state index in [1.165, 1.54) is 12.1 Å². The Morgan fingerprint density at radius 3 is 2.40 bits per heavy atom. The highest BCUT2D eigenvalue weighted by Crippen LogP contribution is 2.29. The first-order valence-corrected chi connectivity index (χ1v) is 6.10. The van der Waals surface area contributed by atoms with Crippen molar-refractivity contribution in [2.45, 2.75) is 12.6 Å². The third kappa shape index (κ3) is 6.03. The lowest BCUT2D eigenvalue weighted by Crippen LogP contribution is -2.24. The van der Waals surface area contributed by atoms with Gasteiger partial charge in [0.15, 0.2) is 0 Å². The monoisotopic (exact) mass is 290 g/mol. The molecule has 7 heteroatoms. The molecule has 0 unspecified atom stereocenters. The summed E-state index contributed by atoms with van der Waals surface area (Å²) in [7, 11) is 1.58. The minimum Gasteiger partial charge on any atom is -0.383 e. The van der Waals surface area contributed by atoms with Crippen molar-refractivity contribution < 1.29 is 22.7 Å². The van der Waals surface area contributed by atoms with Crippen LogP contribution in [0.15, 0.2) is 24.3 Å². The van der Waals surface area contributed by atoms with Gasteiger partial charge in [-0.25, -0.2) is 0 Å². The summed E-state index contributed by atoms with van der Waals surface area (Å²) in [5.41, 5.74) is -0.392. The van der Waals surface area contributed by atoms with Crippen LogP contribution in [-0.4, -0.2) is 32.7 Å². The number of anilines is 1. The van der Waals surface area contributed by atoms with Crippen LogP contribution in [0.5, 0.6) is 0 Å². The van der Waals surface area contributed by atoms with Crippen molar-refractivity contribution in [3.63, 3.8) is 0 Å². The average Bonchev–Trinajstić information content (AvgIpc) is 2.38. The molecule has 0 saturated heterocycles. The summed E-state index contributed by atoms with van der Waals surface area (Å²) < 4.78 is 41.9. The first-order valence-electron chi connectivity index (χ1n) is 6.10. The molecule has 0 spiro atoms. The van der Waals surface area contributed by atoms with E-state index in [4.69, 9.17) is 4.74 Å². The van der Waals surface area contributed by atoms with Crippen LogP contribution in [0, 0.1) is 0 Å². The van der Waals surface area contributed by atoms with Crippen molar-refractivity contribution in [1.29, 1.82) is 0 Å². The number of hydrogen-bond donors (Lipinski definition) is 2. The van der Waals surface area contributed by atoms with E-state index < -0.39 is 11.7 Å². The lowest BCUT2D eigenvalue weighted by Gasteiger charge is -2.09. The second-order valence-electron chi connectivity index (χ2n) is 4.12. The predicted octanol–water partition coefficient (Wildman–Crippen LogP) is 2.27. The number of alkyl halides is 3. The number of hydrogen-bond acceptors (Lipinski definition) is 3. The molecule has 20 heavy (non-hydrogen) atoms. The van der Waals surface area contributed by atoms with E-state index >= 15 is 0 Å². The number of amides is 1. The highest BCUT2D eigenvalue weighted by Gasteiger charge is 2.29. The number of halogens is 3. The first-order chi connectivity index (χ1) is 9.43. The normalized spacial score (nSPS) is 11.4. The summed E-state index contributed by atoms with van der Waals surface area (Å²) in [6, 6.07) is 4.34. The van der Waals surface area contributed by atoms with Crippen molar-refractivity contribution >= 4 is 11.6 Å².